The van der Waals surface area contributed by atoms with Gasteiger partial charge in [0.25, 0.3) is 0 Å². The fraction of sp³-hybridized carbons (Fsp3) is 0.176. The maximum Gasteiger partial charge on any atom is 0.205 e. The van der Waals surface area contributed by atoms with E-state index in [0.717, 1.165) is 33.3 Å². The van der Waals surface area contributed by atoms with Crippen molar-refractivity contribution >= 4 is 17.6 Å². The Bertz CT molecular complexity index is 907. The number of hydrogen-bond donors (Lipinski definition) is 1. The fourth-order valence-electron chi connectivity index (χ4n) is 2.30. The van der Waals surface area contributed by atoms with Gasteiger partial charge in [0.1, 0.15) is 11.5 Å². The Morgan fingerprint density at radius 3 is 2.75 bits per heavy atom. The second-order valence-electron chi connectivity index (χ2n) is 4.88. The summed E-state index contributed by atoms with van der Waals surface area (Å²) in [5.41, 5.74) is 2.75. The Hall–Kier alpha value is -2.80. The molecule has 0 radical (unpaired) electrons. The van der Waals surface area contributed by atoms with E-state index < -0.39 is 0 Å². The molecule has 1 aromatic carbocycles. The number of methoxy groups -OCH3 is 2. The number of aromatic amines is 1. The van der Waals surface area contributed by atoms with Gasteiger partial charge in [0, 0.05) is 30.3 Å². The number of nitrogens with zero attached hydrogens (tertiary/aromatic N) is 3. The van der Waals surface area contributed by atoms with Crippen LogP contribution >= 0.6 is 11.3 Å². The highest BCUT2D eigenvalue weighted by Crippen LogP contribution is 2.33. The topological polar surface area (TPSA) is 63.9 Å². The zero-order chi connectivity index (χ0) is 16.9. The van der Waals surface area contributed by atoms with Gasteiger partial charge in [0.05, 0.1) is 31.8 Å². The molecule has 0 unspecified atom stereocenters. The summed E-state index contributed by atoms with van der Waals surface area (Å²) in [6.45, 7) is 0. The molecule has 1 N–H and O–H groups in total. The number of thiazole rings is 1. The SMILES string of the molecule is CN=c1scc(-c2ccc(OC)cc2OC)n1N=Cc1ccc[nH]1. The highest BCUT2D eigenvalue weighted by molar-refractivity contribution is 7.07. The van der Waals surface area contributed by atoms with E-state index in [2.05, 4.69) is 15.1 Å². The summed E-state index contributed by atoms with van der Waals surface area (Å²) in [6, 6.07) is 9.59. The van der Waals surface area contributed by atoms with Crippen molar-refractivity contribution in [2.24, 2.45) is 10.1 Å². The molecule has 0 aliphatic rings. The molecule has 24 heavy (non-hydrogen) atoms. The largest absolute Gasteiger partial charge is 0.497 e. The number of rotatable bonds is 5. The van der Waals surface area contributed by atoms with Crippen molar-refractivity contribution in [1.29, 1.82) is 0 Å². The average molecular weight is 342 g/mol. The summed E-state index contributed by atoms with van der Waals surface area (Å²) < 4.78 is 12.6. The van der Waals surface area contributed by atoms with Crippen molar-refractivity contribution in [2.75, 3.05) is 21.3 Å². The van der Waals surface area contributed by atoms with E-state index in [4.69, 9.17) is 9.47 Å². The van der Waals surface area contributed by atoms with Crippen LogP contribution in [0.4, 0.5) is 0 Å². The van der Waals surface area contributed by atoms with Gasteiger partial charge in [-0.15, -0.1) is 11.3 Å². The molecular formula is C17H18N4O2S. The minimum atomic E-state index is 0.721. The zero-order valence-electron chi connectivity index (χ0n) is 13.7. The Labute approximate surface area is 143 Å². The standard InChI is InChI=1S/C17H18N4O2S/c1-18-17-21(20-10-12-5-4-8-19-12)15(11-24-17)14-7-6-13(22-2)9-16(14)23-3/h4-11,19H,1-3H3. The molecule has 0 amide bonds. The summed E-state index contributed by atoms with van der Waals surface area (Å²) in [6.07, 6.45) is 3.62. The lowest BCUT2D eigenvalue weighted by molar-refractivity contribution is 0.395. The van der Waals surface area contributed by atoms with E-state index in [0.29, 0.717) is 0 Å². The Morgan fingerprint density at radius 1 is 1.21 bits per heavy atom. The molecule has 6 nitrogen and oxygen atoms in total. The molecule has 3 aromatic rings. The monoisotopic (exact) mass is 342 g/mol. The number of aromatic nitrogens is 2. The van der Waals surface area contributed by atoms with Gasteiger partial charge in [-0.2, -0.15) is 5.10 Å². The molecule has 0 bridgehead atoms. The van der Waals surface area contributed by atoms with Crippen LogP contribution < -0.4 is 14.3 Å². The normalized spacial score (nSPS) is 12.0. The molecule has 7 heteroatoms. The van der Waals surface area contributed by atoms with Crippen LogP contribution in [0.2, 0.25) is 0 Å². The van der Waals surface area contributed by atoms with E-state index in [1.165, 1.54) is 11.3 Å². The lowest BCUT2D eigenvalue weighted by Gasteiger charge is -2.10. The first-order valence-corrected chi connectivity index (χ1v) is 8.18. The van der Waals surface area contributed by atoms with Gasteiger partial charge in [0.2, 0.25) is 4.80 Å². The fourth-order valence-corrected chi connectivity index (χ4v) is 3.10. The number of ether oxygens (including phenoxy) is 2. The summed E-state index contributed by atoms with van der Waals surface area (Å²) in [4.78, 5) is 8.20. The number of hydrogen-bond acceptors (Lipinski definition) is 5. The van der Waals surface area contributed by atoms with Crippen LogP contribution in [0.5, 0.6) is 11.5 Å². The second-order valence-corrected chi connectivity index (χ2v) is 5.71. The molecule has 2 aromatic heterocycles. The zero-order valence-corrected chi connectivity index (χ0v) is 14.5. The van der Waals surface area contributed by atoms with E-state index in [9.17, 15) is 0 Å². The van der Waals surface area contributed by atoms with E-state index in [-0.39, 0.29) is 0 Å². The van der Waals surface area contributed by atoms with Crippen molar-refractivity contribution < 1.29 is 9.47 Å². The predicted molar refractivity (Wildman–Crippen MR) is 96.1 cm³/mol. The Kier molecular flexibility index (Phi) is 4.81. The quantitative estimate of drug-likeness (QED) is 0.725. The van der Waals surface area contributed by atoms with Crippen molar-refractivity contribution in [1.82, 2.24) is 9.66 Å². The van der Waals surface area contributed by atoms with Crippen LogP contribution in [0.3, 0.4) is 0 Å². The highest BCUT2D eigenvalue weighted by atomic mass is 32.1. The average Bonchev–Trinajstić information content (AvgIpc) is 3.28. The molecule has 3 rings (SSSR count). The lowest BCUT2D eigenvalue weighted by Crippen LogP contribution is -2.11. The van der Waals surface area contributed by atoms with Gasteiger partial charge >= 0.3 is 0 Å². The summed E-state index contributed by atoms with van der Waals surface area (Å²) in [7, 11) is 5.03. The second kappa shape index (κ2) is 7.18. The van der Waals surface area contributed by atoms with Gasteiger partial charge in [-0.3, -0.25) is 4.99 Å². The molecule has 0 fully saturated rings. The van der Waals surface area contributed by atoms with Gasteiger partial charge in [-0.25, -0.2) is 4.68 Å². The molecule has 0 aliphatic heterocycles. The molecule has 124 valence electrons. The van der Waals surface area contributed by atoms with Gasteiger partial charge in [-0.05, 0) is 24.3 Å². The first-order valence-electron chi connectivity index (χ1n) is 7.30. The smallest absolute Gasteiger partial charge is 0.205 e. The molecular weight excluding hydrogens is 324 g/mol. The number of benzene rings is 1. The van der Waals surface area contributed by atoms with E-state index >= 15 is 0 Å². The summed E-state index contributed by atoms with van der Waals surface area (Å²) in [5.74, 6) is 1.46. The van der Waals surface area contributed by atoms with Crippen LogP contribution in [-0.4, -0.2) is 37.1 Å². The van der Waals surface area contributed by atoms with Gasteiger partial charge < -0.3 is 14.5 Å². The predicted octanol–water partition coefficient (Wildman–Crippen LogP) is 2.97. The van der Waals surface area contributed by atoms with Crippen molar-refractivity contribution in [3.8, 4) is 22.8 Å². The van der Waals surface area contributed by atoms with Crippen molar-refractivity contribution in [2.45, 2.75) is 0 Å². The van der Waals surface area contributed by atoms with Crippen molar-refractivity contribution in [3.05, 3.63) is 52.4 Å². The highest BCUT2D eigenvalue weighted by Gasteiger charge is 2.13. The van der Waals surface area contributed by atoms with Crippen molar-refractivity contribution in [3.63, 3.8) is 0 Å². The Balaban J connectivity index is 2.11. The minimum absolute atomic E-state index is 0.721. The molecule has 0 saturated carbocycles. The van der Waals surface area contributed by atoms with Crippen LogP contribution in [0.25, 0.3) is 11.3 Å². The van der Waals surface area contributed by atoms with E-state index in [1.807, 2.05) is 41.9 Å². The summed E-state index contributed by atoms with van der Waals surface area (Å²) >= 11 is 1.52. The molecule has 0 aliphatic carbocycles. The third-order valence-electron chi connectivity index (χ3n) is 3.50. The maximum atomic E-state index is 5.51. The van der Waals surface area contributed by atoms with Crippen LogP contribution in [0.1, 0.15) is 5.69 Å². The first kappa shape index (κ1) is 16.1. The molecule has 0 saturated heterocycles. The minimum Gasteiger partial charge on any atom is -0.497 e. The number of nitrogens with one attached hydrogen (secondary N) is 1. The van der Waals surface area contributed by atoms with E-state index in [1.54, 1.807) is 32.2 Å². The van der Waals surface area contributed by atoms with Gasteiger partial charge in [-0.1, -0.05) is 0 Å². The van der Waals surface area contributed by atoms with Crippen LogP contribution in [-0.2, 0) is 0 Å². The number of H-pyrrole nitrogens is 1. The van der Waals surface area contributed by atoms with Crippen LogP contribution in [0.15, 0.2) is 52.0 Å². The Morgan fingerprint density at radius 2 is 2.08 bits per heavy atom. The third-order valence-corrected chi connectivity index (χ3v) is 4.40. The molecule has 2 heterocycles. The summed E-state index contributed by atoms with van der Waals surface area (Å²) in [5, 5.41) is 6.58. The lowest BCUT2D eigenvalue weighted by atomic mass is 10.1. The maximum absolute atomic E-state index is 5.51. The van der Waals surface area contributed by atoms with Crippen LogP contribution in [0, 0.1) is 0 Å². The third kappa shape index (κ3) is 3.11. The van der Waals surface area contributed by atoms with Gasteiger partial charge in [0.15, 0.2) is 0 Å². The molecule has 0 atom stereocenters. The molecule has 0 spiro atoms. The first-order chi connectivity index (χ1) is 11.8.